The minimum atomic E-state index is -0.801. The number of carbonyl (C=O) groups is 2. The van der Waals surface area contributed by atoms with Crippen LogP contribution < -0.4 is 10.7 Å². The molecule has 0 fully saturated rings. The lowest BCUT2D eigenvalue weighted by Crippen LogP contribution is -2.46. The van der Waals surface area contributed by atoms with Crippen LogP contribution in [0.15, 0.2) is 52.0 Å². The lowest BCUT2D eigenvalue weighted by atomic mass is 10.0. The van der Waals surface area contributed by atoms with Crippen molar-refractivity contribution in [3.63, 3.8) is 0 Å². The first-order valence-electron chi connectivity index (χ1n) is 9.00. The highest BCUT2D eigenvalue weighted by Crippen LogP contribution is 2.24. The first-order valence-corrected chi connectivity index (χ1v) is 10.2. The van der Waals surface area contributed by atoms with Crippen molar-refractivity contribution in [2.45, 2.75) is 26.3 Å². The largest absolute Gasteiger partial charge is 0.340 e. The van der Waals surface area contributed by atoms with E-state index in [1.807, 2.05) is 13.8 Å². The molecule has 2 N–H and O–H groups in total. The number of hydrazone groups is 1. The van der Waals surface area contributed by atoms with Crippen LogP contribution in [0, 0.1) is 16.0 Å². The van der Waals surface area contributed by atoms with Crippen LogP contribution in [0.25, 0.3) is 0 Å². The lowest BCUT2D eigenvalue weighted by molar-refractivity contribution is -0.385. The van der Waals surface area contributed by atoms with E-state index in [2.05, 4.69) is 31.8 Å². The van der Waals surface area contributed by atoms with Gasteiger partial charge in [0.25, 0.3) is 17.5 Å². The fourth-order valence-electron chi connectivity index (χ4n) is 2.54. The van der Waals surface area contributed by atoms with Gasteiger partial charge in [0, 0.05) is 22.2 Å². The number of nitrogens with one attached hydrogen (secondary N) is 2. The topological polar surface area (TPSA) is 114 Å². The maximum atomic E-state index is 12.5. The Morgan fingerprint density at radius 1 is 1.23 bits per heavy atom. The molecule has 8 nitrogen and oxygen atoms in total. The van der Waals surface area contributed by atoms with Gasteiger partial charge in [-0.3, -0.25) is 19.7 Å². The Labute approximate surface area is 187 Å². The molecule has 2 rings (SSSR count). The SMILES string of the molecule is CC(C)CC(NC(=O)c1ccc(Cl)cc1)C(=O)NN=Cc1ccc(Br)c([N+](=O)[O-])c1. The minimum absolute atomic E-state index is 0.113. The van der Waals surface area contributed by atoms with Gasteiger partial charge in [-0.2, -0.15) is 5.10 Å². The number of hydrogen-bond donors (Lipinski definition) is 2. The van der Waals surface area contributed by atoms with Gasteiger partial charge in [-0.1, -0.05) is 31.5 Å². The smallest absolute Gasteiger partial charge is 0.284 e. The molecule has 0 heterocycles. The number of rotatable bonds is 8. The summed E-state index contributed by atoms with van der Waals surface area (Å²) in [5.41, 5.74) is 3.09. The van der Waals surface area contributed by atoms with Crippen LogP contribution >= 0.6 is 27.5 Å². The van der Waals surface area contributed by atoms with Crippen molar-refractivity contribution in [1.29, 1.82) is 0 Å². The number of carbonyl (C=O) groups excluding carboxylic acids is 2. The zero-order valence-corrected chi connectivity index (χ0v) is 18.6. The van der Waals surface area contributed by atoms with Crippen molar-refractivity contribution < 1.29 is 14.5 Å². The average molecular weight is 496 g/mol. The maximum Gasteiger partial charge on any atom is 0.284 e. The first-order chi connectivity index (χ1) is 14.2. The molecule has 0 radical (unpaired) electrons. The van der Waals surface area contributed by atoms with Crippen LogP contribution in [-0.2, 0) is 4.79 Å². The molecule has 2 aromatic rings. The van der Waals surface area contributed by atoms with Crippen LogP contribution in [0.1, 0.15) is 36.2 Å². The summed E-state index contributed by atoms with van der Waals surface area (Å²) >= 11 is 8.94. The summed E-state index contributed by atoms with van der Waals surface area (Å²) in [6, 6.07) is 9.99. The molecule has 0 saturated heterocycles. The van der Waals surface area contributed by atoms with E-state index in [0.717, 1.165) is 0 Å². The summed E-state index contributed by atoms with van der Waals surface area (Å²) in [6.45, 7) is 3.86. The molecule has 0 bridgehead atoms. The number of nitro benzene ring substituents is 1. The Bertz CT molecular complexity index is 964. The summed E-state index contributed by atoms with van der Waals surface area (Å²) in [6.07, 6.45) is 1.70. The number of nitrogens with zero attached hydrogens (tertiary/aromatic N) is 2. The monoisotopic (exact) mass is 494 g/mol. The molecule has 1 unspecified atom stereocenters. The second kappa shape index (κ2) is 10.8. The van der Waals surface area contributed by atoms with Crippen molar-refractivity contribution in [3.8, 4) is 0 Å². The van der Waals surface area contributed by atoms with Gasteiger partial charge in [0.1, 0.15) is 6.04 Å². The fourth-order valence-corrected chi connectivity index (χ4v) is 3.06. The third-order valence-corrected chi connectivity index (χ3v) is 4.91. The molecule has 10 heteroatoms. The molecule has 30 heavy (non-hydrogen) atoms. The van der Waals surface area contributed by atoms with E-state index in [4.69, 9.17) is 11.6 Å². The Balaban J connectivity index is 2.07. The fraction of sp³-hybridized carbons (Fsp3) is 0.250. The molecule has 2 amide bonds. The molecule has 2 aromatic carbocycles. The Morgan fingerprint density at radius 3 is 2.50 bits per heavy atom. The number of hydrogen-bond acceptors (Lipinski definition) is 5. The molecule has 0 spiro atoms. The van der Waals surface area contributed by atoms with Crippen LogP contribution in [0.4, 0.5) is 5.69 Å². The molecule has 0 aliphatic carbocycles. The molecule has 0 saturated carbocycles. The van der Waals surface area contributed by atoms with Gasteiger partial charge in [-0.25, -0.2) is 5.43 Å². The highest BCUT2D eigenvalue weighted by molar-refractivity contribution is 9.10. The van der Waals surface area contributed by atoms with Gasteiger partial charge < -0.3 is 5.32 Å². The molecule has 0 aliphatic heterocycles. The van der Waals surface area contributed by atoms with E-state index in [0.29, 0.717) is 27.0 Å². The third-order valence-electron chi connectivity index (χ3n) is 3.99. The van der Waals surface area contributed by atoms with Crippen molar-refractivity contribution in [3.05, 3.63) is 73.2 Å². The van der Waals surface area contributed by atoms with Gasteiger partial charge in [0.15, 0.2) is 0 Å². The van der Waals surface area contributed by atoms with Crippen molar-refractivity contribution in [1.82, 2.24) is 10.7 Å². The van der Waals surface area contributed by atoms with Crippen LogP contribution in [0.2, 0.25) is 5.02 Å². The molecular weight excluding hydrogens is 476 g/mol. The predicted octanol–water partition coefficient (Wildman–Crippen LogP) is 4.31. The maximum absolute atomic E-state index is 12.5. The summed E-state index contributed by atoms with van der Waals surface area (Å²) in [5.74, 6) is -0.752. The minimum Gasteiger partial charge on any atom is -0.340 e. The van der Waals surface area contributed by atoms with Crippen molar-refractivity contribution in [2.75, 3.05) is 0 Å². The highest BCUT2D eigenvalue weighted by atomic mass is 79.9. The summed E-state index contributed by atoms with van der Waals surface area (Å²) in [5, 5.41) is 18.1. The zero-order valence-electron chi connectivity index (χ0n) is 16.3. The van der Waals surface area contributed by atoms with Crippen molar-refractivity contribution >= 4 is 51.2 Å². The highest BCUT2D eigenvalue weighted by Gasteiger charge is 2.22. The summed E-state index contributed by atoms with van der Waals surface area (Å²) < 4.78 is 0.343. The Morgan fingerprint density at radius 2 is 1.90 bits per heavy atom. The van der Waals surface area contributed by atoms with Crippen LogP contribution in [-0.4, -0.2) is 29.0 Å². The number of amides is 2. The van der Waals surface area contributed by atoms with Gasteiger partial charge in [-0.05, 0) is 58.6 Å². The predicted molar refractivity (Wildman–Crippen MR) is 119 cm³/mol. The van der Waals surface area contributed by atoms with Crippen molar-refractivity contribution in [2.24, 2.45) is 11.0 Å². The van der Waals surface area contributed by atoms with E-state index >= 15 is 0 Å². The van der Waals surface area contributed by atoms with Gasteiger partial charge in [0.05, 0.1) is 15.6 Å². The molecular formula is C20H20BrClN4O4. The lowest BCUT2D eigenvalue weighted by Gasteiger charge is -2.19. The number of nitro groups is 1. The van der Waals surface area contributed by atoms with Gasteiger partial charge in [-0.15, -0.1) is 0 Å². The molecule has 158 valence electrons. The average Bonchev–Trinajstić information content (AvgIpc) is 2.68. The van der Waals surface area contributed by atoms with E-state index in [9.17, 15) is 19.7 Å². The number of halogens is 2. The second-order valence-corrected chi connectivity index (χ2v) is 8.16. The summed E-state index contributed by atoms with van der Waals surface area (Å²) in [7, 11) is 0. The Hall–Kier alpha value is -2.78. The molecule has 1 atom stereocenters. The van der Waals surface area contributed by atoms with E-state index < -0.39 is 22.8 Å². The standard InChI is InChI=1S/C20H20BrClN4O4/c1-12(2)9-17(24-19(27)14-4-6-15(22)7-5-14)20(28)25-23-11-13-3-8-16(21)18(10-13)26(29)30/h3-8,10-12,17H,9H2,1-2H3,(H,24,27)(H,25,28). The second-order valence-electron chi connectivity index (χ2n) is 6.86. The first kappa shape index (κ1) is 23.5. The summed E-state index contributed by atoms with van der Waals surface area (Å²) in [4.78, 5) is 35.5. The molecule has 0 aliphatic rings. The quantitative estimate of drug-likeness (QED) is 0.323. The van der Waals surface area contributed by atoms with E-state index in [-0.39, 0.29) is 11.6 Å². The Kier molecular flexibility index (Phi) is 8.49. The van der Waals surface area contributed by atoms with E-state index in [1.54, 1.807) is 30.3 Å². The zero-order chi connectivity index (χ0) is 22.3. The van der Waals surface area contributed by atoms with Crippen LogP contribution in [0.3, 0.4) is 0 Å². The van der Waals surface area contributed by atoms with Gasteiger partial charge in [0.2, 0.25) is 0 Å². The number of benzene rings is 2. The van der Waals surface area contributed by atoms with Crippen LogP contribution in [0.5, 0.6) is 0 Å². The van der Waals surface area contributed by atoms with Gasteiger partial charge >= 0.3 is 0 Å². The third kappa shape index (κ3) is 6.93. The molecule has 0 aromatic heterocycles. The van der Waals surface area contributed by atoms with E-state index in [1.165, 1.54) is 18.3 Å². The normalized spacial score (nSPS) is 12.0.